The molecular weight excluding hydrogens is 394 g/mol. The van der Waals surface area contributed by atoms with Crippen LogP contribution in [-0.4, -0.2) is 43.8 Å². The van der Waals surface area contributed by atoms with E-state index >= 15 is 0 Å². The molecule has 1 saturated heterocycles. The second kappa shape index (κ2) is 7.78. The van der Waals surface area contributed by atoms with Gasteiger partial charge in [-0.25, -0.2) is 8.42 Å². The van der Waals surface area contributed by atoms with E-state index in [9.17, 15) is 18.5 Å². The molecule has 1 aliphatic rings. The summed E-state index contributed by atoms with van der Waals surface area (Å²) in [7, 11) is -3.96. The number of hydrogen-bond donors (Lipinski definition) is 1. The molecule has 1 N–H and O–H groups in total. The van der Waals surface area contributed by atoms with Gasteiger partial charge in [0.25, 0.3) is 5.69 Å². The average molecular weight is 413 g/mol. The lowest BCUT2D eigenvalue weighted by atomic mass is 10.1. The van der Waals surface area contributed by atoms with E-state index in [-0.39, 0.29) is 16.3 Å². The second-order valence-corrected chi connectivity index (χ2v) is 8.53. The van der Waals surface area contributed by atoms with Crippen molar-refractivity contribution in [2.75, 3.05) is 26.2 Å². The number of nitrogens with one attached hydrogen (secondary N) is 1. The molecule has 0 atom stereocenters. The number of sulfonamides is 1. The normalized spacial score (nSPS) is 15.3. The van der Waals surface area contributed by atoms with Crippen LogP contribution in [0.2, 0.25) is 0 Å². The average Bonchev–Trinajstić information content (AvgIpc) is 2.74. The molecule has 1 aliphatic heterocycles. The van der Waals surface area contributed by atoms with E-state index in [2.05, 4.69) is 5.32 Å². The molecule has 0 spiro atoms. The summed E-state index contributed by atoms with van der Waals surface area (Å²) in [5, 5.41) is 16.1. The number of fused-ring (bicyclic) bond motifs is 1. The van der Waals surface area contributed by atoms with Crippen molar-refractivity contribution in [2.24, 2.45) is 0 Å². The number of benzene rings is 3. The Morgan fingerprint density at radius 2 is 1.69 bits per heavy atom. The quantitative estimate of drug-likeness (QED) is 0.509. The van der Waals surface area contributed by atoms with Crippen LogP contribution in [0.1, 0.15) is 0 Å². The van der Waals surface area contributed by atoms with Crippen LogP contribution < -0.4 is 10.1 Å². The largest absolute Gasteiger partial charge is 0.455 e. The molecular formula is C20H19N3O5S. The molecule has 0 amide bonds. The highest BCUT2D eigenvalue weighted by Crippen LogP contribution is 2.36. The van der Waals surface area contributed by atoms with E-state index < -0.39 is 14.9 Å². The number of piperazine rings is 1. The lowest BCUT2D eigenvalue weighted by Crippen LogP contribution is -2.46. The van der Waals surface area contributed by atoms with E-state index in [1.807, 2.05) is 36.4 Å². The van der Waals surface area contributed by atoms with Crippen molar-refractivity contribution in [1.29, 1.82) is 0 Å². The molecule has 0 saturated carbocycles. The van der Waals surface area contributed by atoms with Crippen LogP contribution in [-0.2, 0) is 10.0 Å². The van der Waals surface area contributed by atoms with Crippen molar-refractivity contribution in [3.63, 3.8) is 0 Å². The van der Waals surface area contributed by atoms with E-state index in [1.165, 1.54) is 16.4 Å². The highest BCUT2D eigenvalue weighted by molar-refractivity contribution is 7.89. The molecule has 3 aromatic carbocycles. The lowest BCUT2D eigenvalue weighted by molar-refractivity contribution is -0.385. The van der Waals surface area contributed by atoms with Crippen LogP contribution in [0.5, 0.6) is 11.5 Å². The predicted molar refractivity (Wildman–Crippen MR) is 109 cm³/mol. The van der Waals surface area contributed by atoms with Crippen LogP contribution in [0, 0.1) is 10.1 Å². The Balaban J connectivity index is 1.82. The number of hydrogen-bond acceptors (Lipinski definition) is 6. The van der Waals surface area contributed by atoms with E-state index in [1.54, 1.807) is 6.07 Å². The highest BCUT2D eigenvalue weighted by Gasteiger charge is 2.31. The molecule has 0 radical (unpaired) electrons. The summed E-state index contributed by atoms with van der Waals surface area (Å²) in [6, 6.07) is 16.7. The molecule has 9 heteroatoms. The maximum absolute atomic E-state index is 13.2. The Labute approximate surface area is 167 Å². The minimum absolute atomic E-state index is 0.0606. The van der Waals surface area contributed by atoms with Crippen LogP contribution >= 0.6 is 0 Å². The van der Waals surface area contributed by atoms with Gasteiger partial charge in [0.1, 0.15) is 16.4 Å². The van der Waals surface area contributed by atoms with Gasteiger partial charge < -0.3 is 10.1 Å². The zero-order chi connectivity index (χ0) is 20.4. The molecule has 0 aliphatic carbocycles. The third-order valence-corrected chi connectivity index (χ3v) is 6.72. The Morgan fingerprint density at radius 1 is 0.966 bits per heavy atom. The maximum atomic E-state index is 13.2. The Kier molecular flexibility index (Phi) is 5.18. The van der Waals surface area contributed by atoms with Gasteiger partial charge in [-0.2, -0.15) is 4.31 Å². The van der Waals surface area contributed by atoms with Crippen molar-refractivity contribution < 1.29 is 18.1 Å². The number of non-ortho nitro benzene ring substituents is 1. The SMILES string of the molecule is O=[N+]([O-])c1ccc(Oc2cccc3ccccc23)c(S(=O)(=O)N2CCNCC2)c1. The maximum Gasteiger partial charge on any atom is 0.271 e. The molecule has 8 nitrogen and oxygen atoms in total. The molecule has 150 valence electrons. The minimum Gasteiger partial charge on any atom is -0.455 e. The van der Waals surface area contributed by atoms with Gasteiger partial charge in [0, 0.05) is 43.7 Å². The Hall–Kier alpha value is -3.01. The Bertz CT molecular complexity index is 1170. The van der Waals surface area contributed by atoms with Gasteiger partial charge in [-0.15, -0.1) is 0 Å². The van der Waals surface area contributed by atoms with Gasteiger partial charge in [0.2, 0.25) is 10.0 Å². The van der Waals surface area contributed by atoms with Gasteiger partial charge in [-0.05, 0) is 17.5 Å². The van der Waals surface area contributed by atoms with Gasteiger partial charge in [-0.3, -0.25) is 10.1 Å². The first-order valence-electron chi connectivity index (χ1n) is 9.12. The molecule has 29 heavy (non-hydrogen) atoms. The Morgan fingerprint density at radius 3 is 2.45 bits per heavy atom. The smallest absolute Gasteiger partial charge is 0.271 e. The number of rotatable bonds is 5. The summed E-state index contributed by atoms with van der Waals surface area (Å²) in [5.41, 5.74) is -0.302. The van der Waals surface area contributed by atoms with Gasteiger partial charge in [0.15, 0.2) is 0 Å². The van der Waals surface area contributed by atoms with Crippen molar-refractivity contribution in [2.45, 2.75) is 4.90 Å². The molecule has 0 unspecified atom stereocenters. The molecule has 1 fully saturated rings. The second-order valence-electron chi connectivity index (χ2n) is 6.62. The monoisotopic (exact) mass is 413 g/mol. The van der Waals surface area contributed by atoms with Gasteiger partial charge >= 0.3 is 0 Å². The summed E-state index contributed by atoms with van der Waals surface area (Å²) in [4.78, 5) is 10.4. The fourth-order valence-electron chi connectivity index (χ4n) is 3.32. The number of ether oxygens (including phenoxy) is 1. The van der Waals surface area contributed by atoms with Crippen molar-refractivity contribution in [1.82, 2.24) is 9.62 Å². The summed E-state index contributed by atoms with van der Waals surface area (Å²) < 4.78 is 33.8. The predicted octanol–water partition coefficient (Wildman–Crippen LogP) is 3.13. The summed E-state index contributed by atoms with van der Waals surface area (Å²) >= 11 is 0. The van der Waals surface area contributed by atoms with Crippen LogP contribution in [0.4, 0.5) is 5.69 Å². The molecule has 0 aromatic heterocycles. The summed E-state index contributed by atoms with van der Waals surface area (Å²) in [5.74, 6) is 0.541. The number of nitro benzene ring substituents is 1. The van der Waals surface area contributed by atoms with Crippen LogP contribution in [0.15, 0.2) is 65.6 Å². The van der Waals surface area contributed by atoms with Crippen molar-refractivity contribution >= 4 is 26.5 Å². The van der Waals surface area contributed by atoms with Crippen molar-refractivity contribution in [3.8, 4) is 11.5 Å². The third-order valence-electron chi connectivity index (χ3n) is 4.80. The fraction of sp³-hybridized carbons (Fsp3) is 0.200. The van der Waals surface area contributed by atoms with Gasteiger partial charge in [-0.1, -0.05) is 36.4 Å². The topological polar surface area (TPSA) is 102 Å². The zero-order valence-corrected chi connectivity index (χ0v) is 16.3. The first-order valence-corrected chi connectivity index (χ1v) is 10.6. The standard InChI is InChI=1S/C20H19N3O5S/c24-23(25)16-8-9-19(20(14-16)29(26,27)22-12-10-21-11-13-22)28-18-7-3-5-15-4-1-2-6-17(15)18/h1-9,14,21H,10-13H2. The fourth-order valence-corrected chi connectivity index (χ4v) is 4.90. The molecule has 1 heterocycles. The van der Waals surface area contributed by atoms with E-state index in [4.69, 9.17) is 4.74 Å². The molecule has 0 bridgehead atoms. The third kappa shape index (κ3) is 3.80. The minimum atomic E-state index is -3.96. The van der Waals surface area contributed by atoms with E-state index in [0.717, 1.165) is 16.8 Å². The van der Waals surface area contributed by atoms with Crippen LogP contribution in [0.3, 0.4) is 0 Å². The number of nitro groups is 1. The summed E-state index contributed by atoms with van der Waals surface area (Å²) in [6.07, 6.45) is 0. The van der Waals surface area contributed by atoms with Crippen molar-refractivity contribution in [3.05, 3.63) is 70.8 Å². The lowest BCUT2D eigenvalue weighted by Gasteiger charge is -2.27. The first kappa shape index (κ1) is 19.3. The zero-order valence-electron chi connectivity index (χ0n) is 15.4. The first-order chi connectivity index (χ1) is 14.0. The molecule has 3 aromatic rings. The number of nitrogens with zero attached hydrogens (tertiary/aromatic N) is 2. The van der Waals surface area contributed by atoms with Gasteiger partial charge in [0.05, 0.1) is 4.92 Å². The van der Waals surface area contributed by atoms with E-state index in [0.29, 0.717) is 31.9 Å². The molecule has 4 rings (SSSR count). The highest BCUT2D eigenvalue weighted by atomic mass is 32.2. The van der Waals surface area contributed by atoms with Crippen LogP contribution in [0.25, 0.3) is 10.8 Å². The summed E-state index contributed by atoms with van der Waals surface area (Å²) in [6.45, 7) is 1.62.